The molecule has 38 heavy (non-hydrogen) atoms. The Hall–Kier alpha value is -4.33. The normalized spacial score (nSPS) is 13.3. The molecule has 0 spiro atoms. The van der Waals surface area contributed by atoms with Crippen LogP contribution in [-0.2, 0) is 22.6 Å². The summed E-state index contributed by atoms with van der Waals surface area (Å²) in [5.41, 5.74) is 2.30. The van der Waals surface area contributed by atoms with E-state index in [2.05, 4.69) is 5.32 Å². The van der Waals surface area contributed by atoms with E-state index in [1.165, 1.54) is 17.0 Å². The SMILES string of the molecule is CCNC(=O)[C@@H](Cc1ccccc1)N(Cc1ccc(F)cc1)C(=O)CCCN1C(=O)c2ccccc2C1=O. The molecule has 1 aliphatic rings. The molecule has 0 bridgehead atoms. The van der Waals surface area contributed by atoms with Crippen molar-refractivity contribution in [3.63, 3.8) is 0 Å². The monoisotopic (exact) mass is 515 g/mol. The van der Waals surface area contributed by atoms with Crippen LogP contribution in [0.4, 0.5) is 4.39 Å². The summed E-state index contributed by atoms with van der Waals surface area (Å²) in [5.74, 6) is -1.71. The molecule has 1 N–H and O–H groups in total. The number of carbonyl (C=O) groups is 4. The molecule has 8 heteroatoms. The van der Waals surface area contributed by atoms with Gasteiger partial charge in [-0.05, 0) is 48.7 Å². The molecule has 0 aromatic heterocycles. The van der Waals surface area contributed by atoms with Gasteiger partial charge in [-0.25, -0.2) is 4.39 Å². The van der Waals surface area contributed by atoms with E-state index in [9.17, 15) is 23.6 Å². The second-order valence-electron chi connectivity index (χ2n) is 9.16. The Morgan fingerprint density at radius 1 is 0.868 bits per heavy atom. The number of hydrogen-bond donors (Lipinski definition) is 1. The van der Waals surface area contributed by atoms with Crippen LogP contribution in [0.1, 0.15) is 51.6 Å². The zero-order valence-corrected chi connectivity index (χ0v) is 21.2. The van der Waals surface area contributed by atoms with Gasteiger partial charge in [0.1, 0.15) is 11.9 Å². The van der Waals surface area contributed by atoms with E-state index in [0.717, 1.165) is 10.5 Å². The number of hydrogen-bond acceptors (Lipinski definition) is 4. The maximum absolute atomic E-state index is 13.6. The summed E-state index contributed by atoms with van der Waals surface area (Å²) < 4.78 is 13.5. The molecule has 196 valence electrons. The highest BCUT2D eigenvalue weighted by molar-refractivity contribution is 6.21. The van der Waals surface area contributed by atoms with Crippen LogP contribution in [0, 0.1) is 5.82 Å². The third-order valence-electron chi connectivity index (χ3n) is 6.54. The Kier molecular flexibility index (Phi) is 8.63. The molecular weight excluding hydrogens is 485 g/mol. The van der Waals surface area contributed by atoms with Crippen molar-refractivity contribution in [1.82, 2.24) is 15.1 Å². The maximum Gasteiger partial charge on any atom is 0.261 e. The fourth-order valence-corrected chi connectivity index (χ4v) is 4.61. The van der Waals surface area contributed by atoms with Crippen LogP contribution in [0.15, 0.2) is 78.9 Å². The van der Waals surface area contributed by atoms with Gasteiger partial charge in [0.2, 0.25) is 11.8 Å². The van der Waals surface area contributed by atoms with Gasteiger partial charge in [0.15, 0.2) is 0 Å². The molecule has 4 rings (SSSR count). The molecule has 0 saturated heterocycles. The first-order chi connectivity index (χ1) is 18.4. The third kappa shape index (κ3) is 6.14. The molecule has 1 heterocycles. The number of halogens is 1. The van der Waals surface area contributed by atoms with Gasteiger partial charge in [0.05, 0.1) is 11.1 Å². The molecule has 0 fully saturated rings. The minimum absolute atomic E-state index is 0.0271. The van der Waals surface area contributed by atoms with Crippen molar-refractivity contribution < 1.29 is 23.6 Å². The molecule has 1 aliphatic heterocycles. The summed E-state index contributed by atoms with van der Waals surface area (Å²) in [7, 11) is 0. The molecule has 3 aromatic rings. The number of carbonyl (C=O) groups excluding carboxylic acids is 4. The number of likely N-dealkylation sites (N-methyl/N-ethyl adjacent to an activating group) is 1. The average molecular weight is 516 g/mol. The largest absolute Gasteiger partial charge is 0.355 e. The van der Waals surface area contributed by atoms with Gasteiger partial charge < -0.3 is 10.2 Å². The van der Waals surface area contributed by atoms with Crippen molar-refractivity contribution >= 4 is 23.6 Å². The second-order valence-corrected chi connectivity index (χ2v) is 9.16. The zero-order valence-electron chi connectivity index (χ0n) is 21.2. The fourth-order valence-electron chi connectivity index (χ4n) is 4.61. The van der Waals surface area contributed by atoms with Crippen LogP contribution < -0.4 is 5.32 Å². The first-order valence-electron chi connectivity index (χ1n) is 12.7. The van der Waals surface area contributed by atoms with Crippen molar-refractivity contribution in [1.29, 1.82) is 0 Å². The van der Waals surface area contributed by atoms with E-state index in [4.69, 9.17) is 0 Å². The molecule has 0 unspecified atom stereocenters. The highest BCUT2D eigenvalue weighted by Gasteiger charge is 2.35. The topological polar surface area (TPSA) is 86.8 Å². The highest BCUT2D eigenvalue weighted by Crippen LogP contribution is 2.23. The fraction of sp³-hybridized carbons (Fsp3) is 0.267. The smallest absolute Gasteiger partial charge is 0.261 e. The molecule has 4 amide bonds. The van der Waals surface area contributed by atoms with Crippen LogP contribution >= 0.6 is 0 Å². The minimum Gasteiger partial charge on any atom is -0.355 e. The summed E-state index contributed by atoms with van der Waals surface area (Å²) in [6.45, 7) is 2.42. The number of imide groups is 1. The predicted octanol–water partition coefficient (Wildman–Crippen LogP) is 3.98. The Balaban J connectivity index is 1.52. The quantitative estimate of drug-likeness (QED) is 0.392. The van der Waals surface area contributed by atoms with E-state index in [-0.39, 0.29) is 49.6 Å². The van der Waals surface area contributed by atoms with Gasteiger partial charge in [-0.3, -0.25) is 24.1 Å². The van der Waals surface area contributed by atoms with Crippen molar-refractivity contribution in [2.45, 2.75) is 38.8 Å². The first kappa shape index (κ1) is 26.7. The molecule has 0 saturated carbocycles. The maximum atomic E-state index is 13.6. The lowest BCUT2D eigenvalue weighted by Gasteiger charge is -2.31. The van der Waals surface area contributed by atoms with E-state index >= 15 is 0 Å². The van der Waals surface area contributed by atoms with Gasteiger partial charge in [0, 0.05) is 32.5 Å². The summed E-state index contributed by atoms with van der Waals surface area (Å²) >= 11 is 0. The Labute approximate surface area is 221 Å². The number of nitrogens with one attached hydrogen (secondary N) is 1. The molecule has 1 atom stereocenters. The highest BCUT2D eigenvalue weighted by atomic mass is 19.1. The Bertz CT molecular complexity index is 1280. The Morgan fingerprint density at radius 2 is 1.47 bits per heavy atom. The van der Waals surface area contributed by atoms with Gasteiger partial charge >= 0.3 is 0 Å². The number of amides is 4. The molecule has 0 radical (unpaired) electrons. The van der Waals surface area contributed by atoms with Gasteiger partial charge in [0.25, 0.3) is 11.8 Å². The van der Waals surface area contributed by atoms with Crippen molar-refractivity contribution in [3.05, 3.63) is 107 Å². The van der Waals surface area contributed by atoms with Crippen LogP contribution in [0.3, 0.4) is 0 Å². The summed E-state index contributed by atoms with van der Waals surface area (Å²) in [4.78, 5) is 54.8. The van der Waals surface area contributed by atoms with Crippen LogP contribution in [0.25, 0.3) is 0 Å². The zero-order chi connectivity index (χ0) is 27.1. The second kappa shape index (κ2) is 12.3. The summed E-state index contributed by atoms with van der Waals surface area (Å²) in [5, 5.41) is 2.83. The molecule has 0 aliphatic carbocycles. The van der Waals surface area contributed by atoms with Crippen LogP contribution in [-0.4, -0.2) is 52.6 Å². The first-order valence-corrected chi connectivity index (χ1v) is 12.7. The van der Waals surface area contributed by atoms with Crippen LogP contribution in [0.2, 0.25) is 0 Å². The van der Waals surface area contributed by atoms with Crippen molar-refractivity contribution in [2.75, 3.05) is 13.1 Å². The van der Waals surface area contributed by atoms with Crippen molar-refractivity contribution in [2.24, 2.45) is 0 Å². The van der Waals surface area contributed by atoms with E-state index in [0.29, 0.717) is 29.7 Å². The van der Waals surface area contributed by atoms with Crippen LogP contribution in [0.5, 0.6) is 0 Å². The number of fused-ring (bicyclic) bond motifs is 1. The number of rotatable bonds is 11. The van der Waals surface area contributed by atoms with E-state index in [1.807, 2.05) is 37.3 Å². The predicted molar refractivity (Wildman–Crippen MR) is 141 cm³/mol. The minimum atomic E-state index is -0.797. The van der Waals surface area contributed by atoms with E-state index in [1.54, 1.807) is 36.4 Å². The Morgan fingerprint density at radius 3 is 2.08 bits per heavy atom. The van der Waals surface area contributed by atoms with Crippen molar-refractivity contribution in [3.8, 4) is 0 Å². The van der Waals surface area contributed by atoms with Gasteiger partial charge in [-0.15, -0.1) is 0 Å². The molecule has 7 nitrogen and oxygen atoms in total. The molecule has 3 aromatic carbocycles. The number of nitrogens with zero attached hydrogens (tertiary/aromatic N) is 2. The lowest BCUT2D eigenvalue weighted by atomic mass is 10.0. The summed E-state index contributed by atoms with van der Waals surface area (Å²) in [6, 6.07) is 21.1. The lowest BCUT2D eigenvalue weighted by Crippen LogP contribution is -2.50. The summed E-state index contributed by atoms with van der Waals surface area (Å²) in [6.07, 6.45) is 0.578. The average Bonchev–Trinajstić information content (AvgIpc) is 3.17. The lowest BCUT2D eigenvalue weighted by molar-refractivity contribution is -0.141. The third-order valence-corrected chi connectivity index (χ3v) is 6.54. The standard InChI is InChI=1S/C30H30FN3O4/c1-2-32-28(36)26(19-21-9-4-3-5-10-21)34(20-22-14-16-23(31)17-15-22)27(35)13-8-18-33-29(37)24-11-6-7-12-25(24)30(33)38/h3-7,9-12,14-17,26H,2,8,13,18-20H2,1H3,(H,32,36)/t26-/m1/s1. The molecular formula is C30H30FN3O4. The van der Waals surface area contributed by atoms with Gasteiger partial charge in [-0.1, -0.05) is 54.6 Å². The van der Waals surface area contributed by atoms with Gasteiger partial charge in [-0.2, -0.15) is 0 Å². The number of benzene rings is 3. The van der Waals surface area contributed by atoms with E-state index < -0.39 is 11.9 Å².